The maximum atomic E-state index is 6.04. The number of pyridine rings is 1. The minimum atomic E-state index is 0.0133. The second-order valence-corrected chi connectivity index (χ2v) is 6.07. The highest BCUT2D eigenvalue weighted by Crippen LogP contribution is 2.31. The summed E-state index contributed by atoms with van der Waals surface area (Å²) in [5.74, 6) is 0.883. The number of imidazole rings is 1. The van der Waals surface area contributed by atoms with Gasteiger partial charge in [0.1, 0.15) is 6.10 Å². The fraction of sp³-hybridized carbons (Fsp3) is 0.158. The summed E-state index contributed by atoms with van der Waals surface area (Å²) in [6, 6.07) is 13.9. The van der Waals surface area contributed by atoms with Crippen LogP contribution in [0.2, 0.25) is 0 Å². The second kappa shape index (κ2) is 6.20. The molecule has 0 saturated carbocycles. The van der Waals surface area contributed by atoms with Gasteiger partial charge in [0, 0.05) is 18.0 Å². The Morgan fingerprint density at radius 1 is 1.08 bits per heavy atom. The average molecular weight is 345 g/mol. The van der Waals surface area contributed by atoms with E-state index >= 15 is 0 Å². The van der Waals surface area contributed by atoms with Gasteiger partial charge in [0.2, 0.25) is 5.82 Å². The van der Waals surface area contributed by atoms with Crippen molar-refractivity contribution in [1.82, 2.24) is 24.7 Å². The topological polar surface area (TPSA) is 78.9 Å². The fourth-order valence-electron chi connectivity index (χ4n) is 3.11. The van der Waals surface area contributed by atoms with Crippen LogP contribution >= 0.6 is 0 Å². The van der Waals surface area contributed by atoms with Crippen LogP contribution in [0.1, 0.15) is 17.4 Å². The van der Waals surface area contributed by atoms with Crippen molar-refractivity contribution in [2.24, 2.45) is 0 Å². The lowest BCUT2D eigenvalue weighted by molar-refractivity contribution is 0.00330. The Kier molecular flexibility index (Phi) is 3.57. The molecule has 4 aromatic rings. The maximum Gasteiger partial charge on any atom is 0.278 e. The average Bonchev–Trinajstić information content (AvgIpc) is 3.36. The third-order valence-corrected chi connectivity index (χ3v) is 4.45. The lowest BCUT2D eigenvalue weighted by Gasteiger charge is -2.25. The van der Waals surface area contributed by atoms with Gasteiger partial charge in [-0.15, -0.1) is 0 Å². The lowest BCUT2D eigenvalue weighted by Crippen LogP contribution is -2.20. The molecular formula is C19H15N5O2. The summed E-state index contributed by atoms with van der Waals surface area (Å²) in [4.78, 5) is 13.0. The third-order valence-electron chi connectivity index (χ3n) is 4.45. The molecule has 0 radical (unpaired) electrons. The number of hydrogen-bond acceptors (Lipinski definition) is 6. The van der Waals surface area contributed by atoms with Crippen LogP contribution in [-0.2, 0) is 17.9 Å². The minimum Gasteiger partial charge on any atom is -0.365 e. The molecule has 0 fully saturated rings. The number of aromatic nitrogens is 5. The minimum absolute atomic E-state index is 0.0133. The first kappa shape index (κ1) is 15.0. The van der Waals surface area contributed by atoms with E-state index in [1.165, 1.54) is 0 Å². The highest BCUT2D eigenvalue weighted by molar-refractivity contribution is 5.58. The van der Waals surface area contributed by atoms with E-state index in [1.807, 2.05) is 30.3 Å². The number of nitrogens with zero attached hydrogens (tertiary/aromatic N) is 5. The highest BCUT2D eigenvalue weighted by atomic mass is 16.5. The maximum absolute atomic E-state index is 6.04. The van der Waals surface area contributed by atoms with Crippen molar-refractivity contribution in [1.29, 1.82) is 0 Å². The zero-order valence-electron chi connectivity index (χ0n) is 13.8. The molecule has 0 aliphatic carbocycles. The number of fused-ring (bicyclic) bond motifs is 1. The van der Waals surface area contributed by atoms with E-state index in [0.717, 1.165) is 16.8 Å². The molecule has 1 aliphatic rings. The van der Waals surface area contributed by atoms with E-state index < -0.39 is 0 Å². The van der Waals surface area contributed by atoms with Crippen molar-refractivity contribution in [2.45, 2.75) is 19.3 Å². The van der Waals surface area contributed by atoms with Gasteiger partial charge >= 0.3 is 0 Å². The Hall–Kier alpha value is -3.32. The summed E-state index contributed by atoms with van der Waals surface area (Å²) in [5, 5.41) is 4.04. The molecule has 0 bridgehead atoms. The number of benzene rings is 1. The number of ether oxygens (including phenoxy) is 1. The molecule has 26 heavy (non-hydrogen) atoms. The van der Waals surface area contributed by atoms with Crippen LogP contribution in [0, 0.1) is 0 Å². The standard InChI is InChI=1S/C19H15N5O2/c1-2-5-13(6-3-1)16-10-24-12-21-17(15(24)11-25-16)19-22-18(23-26-19)14-7-4-8-20-9-14/h1-9,12,16H,10-11H2. The molecule has 128 valence electrons. The smallest absolute Gasteiger partial charge is 0.278 e. The van der Waals surface area contributed by atoms with Crippen molar-refractivity contribution >= 4 is 0 Å². The van der Waals surface area contributed by atoms with Crippen LogP contribution in [0.4, 0.5) is 0 Å². The van der Waals surface area contributed by atoms with Gasteiger partial charge in [0.05, 0.1) is 25.2 Å². The van der Waals surface area contributed by atoms with Gasteiger partial charge in [-0.3, -0.25) is 4.98 Å². The van der Waals surface area contributed by atoms with E-state index in [9.17, 15) is 0 Å². The predicted molar refractivity (Wildman–Crippen MR) is 92.7 cm³/mol. The zero-order valence-corrected chi connectivity index (χ0v) is 13.8. The molecule has 7 heteroatoms. The van der Waals surface area contributed by atoms with E-state index in [0.29, 0.717) is 30.6 Å². The molecule has 0 spiro atoms. The molecule has 3 aromatic heterocycles. The van der Waals surface area contributed by atoms with Crippen LogP contribution < -0.4 is 0 Å². The normalized spacial score (nSPS) is 16.4. The Balaban J connectivity index is 1.43. The Bertz CT molecular complexity index is 1030. The molecule has 1 atom stereocenters. The first-order valence-corrected chi connectivity index (χ1v) is 8.33. The van der Waals surface area contributed by atoms with Gasteiger partial charge in [0.25, 0.3) is 5.89 Å². The summed E-state index contributed by atoms with van der Waals surface area (Å²) >= 11 is 0. The third kappa shape index (κ3) is 2.58. The SMILES string of the molecule is c1ccc(C2Cn3cnc(-c4nc(-c5cccnc5)no4)c3CO2)cc1. The van der Waals surface area contributed by atoms with Crippen molar-refractivity contribution in [3.8, 4) is 23.0 Å². The molecule has 0 saturated heterocycles. The summed E-state index contributed by atoms with van der Waals surface area (Å²) in [5.41, 5.74) is 3.57. The highest BCUT2D eigenvalue weighted by Gasteiger charge is 2.26. The van der Waals surface area contributed by atoms with Gasteiger partial charge in [-0.1, -0.05) is 35.5 Å². The van der Waals surface area contributed by atoms with Gasteiger partial charge in [-0.25, -0.2) is 4.98 Å². The van der Waals surface area contributed by atoms with Crippen LogP contribution in [0.25, 0.3) is 23.0 Å². The summed E-state index contributed by atoms with van der Waals surface area (Å²) < 4.78 is 13.6. The van der Waals surface area contributed by atoms with Gasteiger partial charge < -0.3 is 13.8 Å². The van der Waals surface area contributed by atoms with Crippen molar-refractivity contribution < 1.29 is 9.26 Å². The number of hydrogen-bond donors (Lipinski definition) is 0. The summed E-state index contributed by atoms with van der Waals surface area (Å²) in [7, 11) is 0. The van der Waals surface area contributed by atoms with Gasteiger partial charge in [-0.2, -0.15) is 4.98 Å². The van der Waals surface area contributed by atoms with Crippen LogP contribution in [0.3, 0.4) is 0 Å². The Labute approximate surface area is 149 Å². The molecule has 1 unspecified atom stereocenters. The van der Waals surface area contributed by atoms with Crippen LogP contribution in [0.15, 0.2) is 65.7 Å². The van der Waals surface area contributed by atoms with Crippen molar-refractivity contribution in [2.75, 3.05) is 0 Å². The lowest BCUT2D eigenvalue weighted by atomic mass is 10.1. The molecule has 7 nitrogen and oxygen atoms in total. The quantitative estimate of drug-likeness (QED) is 0.567. The molecular weight excluding hydrogens is 330 g/mol. The van der Waals surface area contributed by atoms with E-state index in [1.54, 1.807) is 18.7 Å². The van der Waals surface area contributed by atoms with Gasteiger partial charge in [-0.05, 0) is 17.7 Å². The molecule has 0 N–H and O–H groups in total. The second-order valence-electron chi connectivity index (χ2n) is 6.07. The summed E-state index contributed by atoms with van der Waals surface area (Å²) in [6.07, 6.45) is 5.22. The molecule has 0 amide bonds. The molecule has 5 rings (SSSR count). The first-order valence-electron chi connectivity index (χ1n) is 8.33. The Morgan fingerprint density at radius 2 is 2.00 bits per heavy atom. The summed E-state index contributed by atoms with van der Waals surface area (Å²) in [6.45, 7) is 1.15. The predicted octanol–water partition coefficient (Wildman–Crippen LogP) is 3.27. The number of rotatable bonds is 3. The van der Waals surface area contributed by atoms with Gasteiger partial charge in [0.15, 0.2) is 5.69 Å². The first-order chi connectivity index (χ1) is 12.9. The fourth-order valence-corrected chi connectivity index (χ4v) is 3.11. The molecule has 1 aliphatic heterocycles. The zero-order chi connectivity index (χ0) is 17.3. The van der Waals surface area contributed by atoms with Crippen molar-refractivity contribution in [3.05, 3.63) is 72.4 Å². The largest absolute Gasteiger partial charge is 0.365 e. The van der Waals surface area contributed by atoms with E-state index in [-0.39, 0.29) is 6.10 Å². The van der Waals surface area contributed by atoms with E-state index in [2.05, 4.69) is 36.8 Å². The van der Waals surface area contributed by atoms with Crippen LogP contribution in [-0.4, -0.2) is 24.7 Å². The van der Waals surface area contributed by atoms with Crippen molar-refractivity contribution in [3.63, 3.8) is 0 Å². The monoisotopic (exact) mass is 345 g/mol. The molecule has 4 heterocycles. The van der Waals surface area contributed by atoms with Crippen LogP contribution in [0.5, 0.6) is 0 Å². The molecule has 1 aromatic carbocycles. The Morgan fingerprint density at radius 3 is 2.85 bits per heavy atom. The van der Waals surface area contributed by atoms with E-state index in [4.69, 9.17) is 9.26 Å².